The van der Waals surface area contributed by atoms with Crippen molar-refractivity contribution in [2.45, 2.75) is 13.3 Å². The fraction of sp³-hybridized carbons (Fsp3) is 0.455. The van der Waals surface area contributed by atoms with Gasteiger partial charge in [-0.1, -0.05) is 12.1 Å². The Balaban J connectivity index is 2.32. The number of hydrogen-bond acceptors (Lipinski definition) is 2. The SMILES string of the molecule is COCCCOc1ccc[c]c1C. The van der Waals surface area contributed by atoms with E-state index in [1.165, 1.54) is 0 Å². The van der Waals surface area contributed by atoms with E-state index >= 15 is 0 Å². The summed E-state index contributed by atoms with van der Waals surface area (Å²) < 4.78 is 10.4. The van der Waals surface area contributed by atoms with Gasteiger partial charge in [-0.25, -0.2) is 0 Å². The van der Waals surface area contributed by atoms with Crippen LogP contribution in [0.1, 0.15) is 12.0 Å². The molecule has 0 aromatic heterocycles. The lowest BCUT2D eigenvalue weighted by molar-refractivity contribution is 0.172. The summed E-state index contributed by atoms with van der Waals surface area (Å²) >= 11 is 0. The fourth-order valence-corrected chi connectivity index (χ4v) is 1.05. The van der Waals surface area contributed by atoms with Crippen LogP contribution in [-0.2, 0) is 4.74 Å². The monoisotopic (exact) mass is 179 g/mol. The van der Waals surface area contributed by atoms with E-state index in [1.807, 2.05) is 25.1 Å². The Hall–Kier alpha value is -1.02. The zero-order chi connectivity index (χ0) is 9.52. The number of benzene rings is 1. The average molecular weight is 179 g/mol. The fourth-order valence-electron chi connectivity index (χ4n) is 1.05. The molecule has 2 nitrogen and oxygen atoms in total. The summed E-state index contributed by atoms with van der Waals surface area (Å²) in [6.45, 7) is 3.44. The molecule has 0 spiro atoms. The van der Waals surface area contributed by atoms with Gasteiger partial charge in [-0.15, -0.1) is 0 Å². The van der Waals surface area contributed by atoms with Crippen molar-refractivity contribution in [1.29, 1.82) is 0 Å². The van der Waals surface area contributed by atoms with Crippen molar-refractivity contribution in [3.05, 3.63) is 29.8 Å². The van der Waals surface area contributed by atoms with Gasteiger partial charge in [0, 0.05) is 20.1 Å². The predicted octanol–water partition coefficient (Wildman–Crippen LogP) is 2.21. The molecule has 71 valence electrons. The molecule has 0 fully saturated rings. The maximum Gasteiger partial charge on any atom is 0.122 e. The lowest BCUT2D eigenvalue weighted by atomic mass is 10.2. The minimum absolute atomic E-state index is 0.701. The zero-order valence-corrected chi connectivity index (χ0v) is 8.17. The van der Waals surface area contributed by atoms with Gasteiger partial charge >= 0.3 is 0 Å². The van der Waals surface area contributed by atoms with Crippen LogP contribution in [0.25, 0.3) is 0 Å². The van der Waals surface area contributed by atoms with Crippen LogP contribution >= 0.6 is 0 Å². The molecule has 0 unspecified atom stereocenters. The van der Waals surface area contributed by atoms with E-state index in [2.05, 4.69) is 6.07 Å². The second kappa shape index (κ2) is 5.60. The summed E-state index contributed by atoms with van der Waals surface area (Å²) in [6, 6.07) is 8.86. The van der Waals surface area contributed by atoms with E-state index < -0.39 is 0 Å². The van der Waals surface area contributed by atoms with Crippen molar-refractivity contribution in [3.8, 4) is 5.75 Å². The Labute approximate surface area is 79.5 Å². The number of hydrogen-bond donors (Lipinski definition) is 0. The molecule has 0 aliphatic rings. The third-order valence-electron chi connectivity index (χ3n) is 1.76. The highest BCUT2D eigenvalue weighted by Crippen LogP contribution is 2.15. The van der Waals surface area contributed by atoms with Gasteiger partial charge in [0.1, 0.15) is 5.75 Å². The Morgan fingerprint density at radius 1 is 1.38 bits per heavy atom. The summed E-state index contributed by atoms with van der Waals surface area (Å²) in [4.78, 5) is 0. The lowest BCUT2D eigenvalue weighted by Gasteiger charge is -2.07. The van der Waals surface area contributed by atoms with Gasteiger partial charge in [-0.05, 0) is 24.6 Å². The molecule has 0 aliphatic carbocycles. The first-order valence-electron chi connectivity index (χ1n) is 4.43. The molecule has 13 heavy (non-hydrogen) atoms. The molecule has 0 bridgehead atoms. The molecular formula is C11H15O2. The first kappa shape index (κ1) is 10.1. The van der Waals surface area contributed by atoms with Crippen LogP contribution in [0.2, 0.25) is 0 Å². The lowest BCUT2D eigenvalue weighted by Crippen LogP contribution is -2.02. The highest BCUT2D eigenvalue weighted by molar-refractivity contribution is 5.30. The third-order valence-corrected chi connectivity index (χ3v) is 1.76. The molecule has 1 radical (unpaired) electrons. The summed E-state index contributed by atoms with van der Waals surface area (Å²) in [5, 5.41) is 0. The van der Waals surface area contributed by atoms with Crippen molar-refractivity contribution in [1.82, 2.24) is 0 Å². The Kier molecular flexibility index (Phi) is 4.33. The summed E-state index contributed by atoms with van der Waals surface area (Å²) in [5.41, 5.74) is 1.06. The van der Waals surface area contributed by atoms with Gasteiger partial charge in [0.2, 0.25) is 0 Å². The Morgan fingerprint density at radius 3 is 2.92 bits per heavy atom. The standard InChI is InChI=1S/C11H15O2/c1-10-6-3-4-7-11(10)13-9-5-8-12-2/h3-4,7H,5,8-9H2,1-2H3. The van der Waals surface area contributed by atoms with Gasteiger partial charge in [0.25, 0.3) is 0 Å². The second-order valence-corrected chi connectivity index (χ2v) is 2.85. The minimum atomic E-state index is 0.701. The molecule has 1 aromatic carbocycles. The molecule has 0 heterocycles. The van der Waals surface area contributed by atoms with Crippen LogP contribution in [0.5, 0.6) is 5.75 Å². The van der Waals surface area contributed by atoms with Crippen LogP contribution in [0.4, 0.5) is 0 Å². The van der Waals surface area contributed by atoms with Gasteiger partial charge in [0.05, 0.1) is 6.61 Å². The van der Waals surface area contributed by atoms with Crippen molar-refractivity contribution in [3.63, 3.8) is 0 Å². The van der Waals surface area contributed by atoms with Gasteiger partial charge in [-0.2, -0.15) is 0 Å². The van der Waals surface area contributed by atoms with Crippen molar-refractivity contribution < 1.29 is 9.47 Å². The normalized spacial score (nSPS) is 10.0. The molecule has 0 aliphatic heterocycles. The minimum Gasteiger partial charge on any atom is -0.493 e. The maximum atomic E-state index is 5.53. The first-order chi connectivity index (χ1) is 6.34. The molecule has 0 amide bonds. The predicted molar refractivity (Wildman–Crippen MR) is 52.0 cm³/mol. The highest BCUT2D eigenvalue weighted by atomic mass is 16.5. The molecule has 2 heteroatoms. The zero-order valence-electron chi connectivity index (χ0n) is 8.17. The summed E-state index contributed by atoms with van der Waals surface area (Å²) in [5.74, 6) is 0.915. The topological polar surface area (TPSA) is 18.5 Å². The van der Waals surface area contributed by atoms with E-state index in [4.69, 9.17) is 9.47 Å². The number of rotatable bonds is 5. The van der Waals surface area contributed by atoms with Crippen molar-refractivity contribution in [2.24, 2.45) is 0 Å². The van der Waals surface area contributed by atoms with Gasteiger partial charge in [-0.3, -0.25) is 0 Å². The average Bonchev–Trinajstić information content (AvgIpc) is 2.15. The van der Waals surface area contributed by atoms with Gasteiger partial charge in [0.15, 0.2) is 0 Å². The molecule has 0 saturated heterocycles. The molecule has 1 aromatic rings. The smallest absolute Gasteiger partial charge is 0.122 e. The molecule has 0 saturated carbocycles. The molecule has 0 N–H and O–H groups in total. The third kappa shape index (κ3) is 3.47. The van der Waals surface area contributed by atoms with Crippen LogP contribution in [0.3, 0.4) is 0 Å². The first-order valence-corrected chi connectivity index (χ1v) is 4.43. The molecule has 0 atom stereocenters. The maximum absolute atomic E-state index is 5.53. The number of methoxy groups -OCH3 is 1. The van der Waals surface area contributed by atoms with E-state index in [9.17, 15) is 0 Å². The van der Waals surface area contributed by atoms with Crippen LogP contribution < -0.4 is 4.74 Å². The highest BCUT2D eigenvalue weighted by Gasteiger charge is 1.96. The second-order valence-electron chi connectivity index (χ2n) is 2.85. The number of ether oxygens (including phenoxy) is 2. The Morgan fingerprint density at radius 2 is 2.23 bits per heavy atom. The molecule has 1 rings (SSSR count). The summed E-state index contributed by atoms with van der Waals surface area (Å²) in [6.07, 6.45) is 0.921. The van der Waals surface area contributed by atoms with Crippen LogP contribution in [-0.4, -0.2) is 20.3 Å². The van der Waals surface area contributed by atoms with Crippen molar-refractivity contribution in [2.75, 3.05) is 20.3 Å². The van der Waals surface area contributed by atoms with Gasteiger partial charge < -0.3 is 9.47 Å². The van der Waals surface area contributed by atoms with E-state index in [1.54, 1.807) is 7.11 Å². The van der Waals surface area contributed by atoms with E-state index in [-0.39, 0.29) is 0 Å². The van der Waals surface area contributed by atoms with E-state index in [0.717, 1.165) is 24.3 Å². The van der Waals surface area contributed by atoms with Crippen LogP contribution in [0, 0.1) is 13.0 Å². The van der Waals surface area contributed by atoms with Crippen molar-refractivity contribution >= 4 is 0 Å². The Bertz CT molecular complexity index is 246. The summed E-state index contributed by atoms with van der Waals surface area (Å²) in [7, 11) is 1.70. The largest absolute Gasteiger partial charge is 0.493 e. The van der Waals surface area contributed by atoms with E-state index in [0.29, 0.717) is 6.61 Å². The quantitative estimate of drug-likeness (QED) is 0.645. The van der Waals surface area contributed by atoms with Crippen LogP contribution in [0.15, 0.2) is 18.2 Å². The molecular weight excluding hydrogens is 164 g/mol. The number of aryl methyl sites for hydroxylation is 1.